The van der Waals surface area contributed by atoms with E-state index in [1.165, 1.54) is 5.56 Å². The van der Waals surface area contributed by atoms with Gasteiger partial charge in [0.2, 0.25) is 0 Å². The van der Waals surface area contributed by atoms with Crippen LogP contribution in [0.15, 0.2) is 67.0 Å². The van der Waals surface area contributed by atoms with Crippen LogP contribution in [0, 0.1) is 6.92 Å². The normalized spacial score (nSPS) is 13.4. The Labute approximate surface area is 186 Å². The van der Waals surface area contributed by atoms with Crippen molar-refractivity contribution >= 4 is 34.8 Å². The first-order chi connectivity index (χ1) is 15.0. The Morgan fingerprint density at radius 2 is 1.97 bits per heavy atom. The number of carbonyl (C=O) groups is 2. The van der Waals surface area contributed by atoms with Gasteiger partial charge in [0, 0.05) is 41.9 Å². The molecule has 2 N–H and O–H groups in total. The molecule has 0 spiro atoms. The fourth-order valence-corrected chi connectivity index (χ4v) is 4.02. The van der Waals surface area contributed by atoms with Crippen LogP contribution >= 0.6 is 11.6 Å². The smallest absolute Gasteiger partial charge is 0.313 e. The van der Waals surface area contributed by atoms with Crippen LogP contribution < -0.4 is 15.5 Å². The van der Waals surface area contributed by atoms with Crippen LogP contribution in [0.4, 0.5) is 11.4 Å². The predicted octanol–water partition coefficient (Wildman–Crippen LogP) is 3.90. The Bertz CT molecular complexity index is 1100. The van der Waals surface area contributed by atoms with Gasteiger partial charge in [-0.3, -0.25) is 14.6 Å². The summed E-state index contributed by atoms with van der Waals surface area (Å²) in [6, 6.07) is 17.1. The number of benzene rings is 2. The van der Waals surface area contributed by atoms with E-state index in [-0.39, 0.29) is 12.6 Å². The van der Waals surface area contributed by atoms with Crippen molar-refractivity contribution in [2.75, 3.05) is 23.3 Å². The Morgan fingerprint density at radius 3 is 2.77 bits per heavy atom. The zero-order valence-electron chi connectivity index (χ0n) is 17.1. The molecule has 2 heterocycles. The molecule has 3 aromatic rings. The number of para-hydroxylation sites is 1. The van der Waals surface area contributed by atoms with Gasteiger partial charge in [0.25, 0.3) is 0 Å². The fourth-order valence-electron chi connectivity index (χ4n) is 3.85. The molecule has 4 rings (SSSR count). The second-order valence-corrected chi connectivity index (χ2v) is 7.93. The third-order valence-electron chi connectivity index (χ3n) is 5.48. The van der Waals surface area contributed by atoms with Gasteiger partial charge in [0.05, 0.1) is 6.04 Å². The molecule has 1 unspecified atom stereocenters. The number of anilines is 2. The van der Waals surface area contributed by atoms with Crippen LogP contribution in [-0.2, 0) is 16.0 Å². The van der Waals surface area contributed by atoms with Gasteiger partial charge < -0.3 is 15.5 Å². The van der Waals surface area contributed by atoms with Crippen LogP contribution in [-0.4, -0.2) is 29.9 Å². The highest BCUT2D eigenvalue weighted by atomic mass is 35.5. The Kier molecular flexibility index (Phi) is 6.18. The van der Waals surface area contributed by atoms with Crippen LogP contribution in [0.1, 0.15) is 22.7 Å². The highest BCUT2D eigenvalue weighted by molar-refractivity contribution is 6.40. The van der Waals surface area contributed by atoms with Gasteiger partial charge in [-0.05, 0) is 54.3 Å². The molecule has 0 saturated carbocycles. The number of hydrogen-bond donors (Lipinski definition) is 2. The lowest BCUT2D eigenvalue weighted by Gasteiger charge is -2.30. The minimum Gasteiger partial charge on any atom is -0.362 e. The van der Waals surface area contributed by atoms with Gasteiger partial charge in [0.1, 0.15) is 0 Å². The summed E-state index contributed by atoms with van der Waals surface area (Å²) in [5, 5.41) is 5.92. The van der Waals surface area contributed by atoms with E-state index in [9.17, 15) is 9.59 Å². The zero-order chi connectivity index (χ0) is 21.8. The van der Waals surface area contributed by atoms with E-state index >= 15 is 0 Å². The molecule has 0 radical (unpaired) electrons. The maximum absolute atomic E-state index is 12.5. The maximum Gasteiger partial charge on any atom is 0.313 e. The number of nitrogens with one attached hydrogen (secondary N) is 2. The van der Waals surface area contributed by atoms with Gasteiger partial charge in [-0.15, -0.1) is 0 Å². The Hall–Kier alpha value is -3.38. The highest BCUT2D eigenvalue weighted by Gasteiger charge is 2.28. The van der Waals surface area contributed by atoms with E-state index in [2.05, 4.69) is 32.7 Å². The van der Waals surface area contributed by atoms with E-state index in [0.29, 0.717) is 10.7 Å². The van der Waals surface area contributed by atoms with Crippen molar-refractivity contribution in [2.45, 2.75) is 19.4 Å². The number of carbonyl (C=O) groups excluding carboxylic acids is 2. The summed E-state index contributed by atoms with van der Waals surface area (Å²) in [7, 11) is 0. The highest BCUT2D eigenvalue weighted by Crippen LogP contribution is 2.34. The molecule has 0 fully saturated rings. The van der Waals surface area contributed by atoms with Gasteiger partial charge in [-0.25, -0.2) is 0 Å². The number of aryl methyl sites for hydroxylation is 1. The van der Waals surface area contributed by atoms with E-state index in [0.717, 1.165) is 29.8 Å². The van der Waals surface area contributed by atoms with Crippen molar-refractivity contribution in [3.63, 3.8) is 0 Å². The van der Waals surface area contributed by atoms with Crippen LogP contribution in [0.2, 0.25) is 5.02 Å². The number of pyridine rings is 1. The Balaban J connectivity index is 1.48. The summed E-state index contributed by atoms with van der Waals surface area (Å²) in [5.74, 6) is -1.42. The van der Waals surface area contributed by atoms with Crippen molar-refractivity contribution in [1.82, 2.24) is 10.3 Å². The molecule has 6 nitrogen and oxygen atoms in total. The fraction of sp³-hybridized carbons (Fsp3) is 0.208. The molecule has 31 heavy (non-hydrogen) atoms. The number of amides is 2. The third-order valence-corrected chi connectivity index (χ3v) is 5.71. The van der Waals surface area contributed by atoms with Gasteiger partial charge in [-0.1, -0.05) is 41.9 Å². The van der Waals surface area contributed by atoms with Crippen molar-refractivity contribution in [3.05, 3.63) is 88.7 Å². The Morgan fingerprint density at radius 1 is 1.13 bits per heavy atom. The quantitative estimate of drug-likeness (QED) is 0.597. The van der Waals surface area contributed by atoms with Crippen LogP contribution in [0.3, 0.4) is 0 Å². The molecular formula is C24H23ClN4O2. The minimum absolute atomic E-state index is 0.137. The molecule has 1 aromatic heterocycles. The number of aromatic nitrogens is 1. The molecule has 1 aliphatic heterocycles. The average Bonchev–Trinajstić information content (AvgIpc) is 3.21. The molecule has 0 bridgehead atoms. The number of hydrogen-bond acceptors (Lipinski definition) is 4. The first kappa shape index (κ1) is 20.9. The molecule has 7 heteroatoms. The topological polar surface area (TPSA) is 74.3 Å². The lowest BCUT2D eigenvalue weighted by Crippen LogP contribution is -2.42. The molecule has 1 atom stereocenters. The number of rotatable bonds is 5. The van der Waals surface area contributed by atoms with E-state index in [4.69, 9.17) is 11.6 Å². The lowest BCUT2D eigenvalue weighted by atomic mass is 10.1. The standard InChI is InChI=1S/C24H23ClN4O2/c1-16-8-9-19(25)13-20(16)28-24(31)23(30)27-15-22(18-6-4-11-26-14-18)29-12-10-17-5-2-3-7-21(17)29/h2-9,11,13-14,22H,10,12,15H2,1H3,(H,27,30)(H,28,31). The monoisotopic (exact) mass is 434 g/mol. The zero-order valence-corrected chi connectivity index (χ0v) is 17.9. The third kappa shape index (κ3) is 4.70. The molecular weight excluding hydrogens is 412 g/mol. The minimum atomic E-state index is -0.725. The number of nitrogens with zero attached hydrogens (tertiary/aromatic N) is 2. The van der Waals surface area contributed by atoms with E-state index in [1.807, 2.05) is 31.2 Å². The summed E-state index contributed by atoms with van der Waals surface area (Å²) in [5.41, 5.74) is 4.74. The van der Waals surface area contributed by atoms with Gasteiger partial charge in [0.15, 0.2) is 0 Å². The van der Waals surface area contributed by atoms with Crippen molar-refractivity contribution in [3.8, 4) is 0 Å². The largest absolute Gasteiger partial charge is 0.362 e. The predicted molar refractivity (Wildman–Crippen MR) is 122 cm³/mol. The summed E-state index contributed by atoms with van der Waals surface area (Å²) in [6.45, 7) is 2.95. The average molecular weight is 435 g/mol. The van der Waals surface area contributed by atoms with Crippen molar-refractivity contribution in [2.24, 2.45) is 0 Å². The first-order valence-electron chi connectivity index (χ1n) is 10.1. The lowest BCUT2D eigenvalue weighted by molar-refractivity contribution is -0.136. The van der Waals surface area contributed by atoms with Gasteiger partial charge in [-0.2, -0.15) is 0 Å². The summed E-state index contributed by atoms with van der Waals surface area (Å²) in [4.78, 5) is 31.5. The SMILES string of the molecule is Cc1ccc(Cl)cc1NC(=O)C(=O)NCC(c1cccnc1)N1CCc2ccccc21. The maximum atomic E-state index is 12.5. The number of fused-ring (bicyclic) bond motifs is 1. The molecule has 2 aromatic carbocycles. The molecule has 2 amide bonds. The van der Waals surface area contributed by atoms with Crippen LogP contribution in [0.5, 0.6) is 0 Å². The summed E-state index contributed by atoms with van der Waals surface area (Å²) < 4.78 is 0. The van der Waals surface area contributed by atoms with Crippen molar-refractivity contribution in [1.29, 1.82) is 0 Å². The van der Waals surface area contributed by atoms with Crippen molar-refractivity contribution < 1.29 is 9.59 Å². The molecule has 158 valence electrons. The second kappa shape index (κ2) is 9.18. The summed E-state index contributed by atoms with van der Waals surface area (Å²) >= 11 is 6.00. The van der Waals surface area contributed by atoms with Crippen LogP contribution in [0.25, 0.3) is 0 Å². The summed E-state index contributed by atoms with van der Waals surface area (Å²) in [6.07, 6.45) is 4.46. The van der Waals surface area contributed by atoms with Gasteiger partial charge >= 0.3 is 11.8 Å². The van der Waals surface area contributed by atoms with E-state index < -0.39 is 11.8 Å². The second-order valence-electron chi connectivity index (χ2n) is 7.50. The first-order valence-corrected chi connectivity index (χ1v) is 10.5. The molecule has 1 aliphatic rings. The molecule has 0 saturated heterocycles. The number of halogens is 1. The molecule has 0 aliphatic carbocycles. The van der Waals surface area contributed by atoms with E-state index in [1.54, 1.807) is 30.6 Å².